The third-order valence-corrected chi connectivity index (χ3v) is 4.37. The molecular weight excluding hydrogens is 336 g/mol. The molecule has 0 unspecified atom stereocenters. The van der Waals surface area contributed by atoms with Crippen LogP contribution >= 0.6 is 0 Å². The van der Waals surface area contributed by atoms with E-state index in [-0.39, 0.29) is 35.6 Å². The first-order valence-electron chi connectivity index (χ1n) is 8.74. The van der Waals surface area contributed by atoms with Gasteiger partial charge >= 0.3 is 0 Å². The number of carbonyl (C=O) groups excluding carboxylic acids is 2. The lowest BCUT2D eigenvalue weighted by Gasteiger charge is -2.21. The molecule has 2 N–H and O–H groups in total. The largest absolute Gasteiger partial charge is 0.438 e. The van der Waals surface area contributed by atoms with Crippen molar-refractivity contribution >= 4 is 11.8 Å². The van der Waals surface area contributed by atoms with E-state index in [9.17, 15) is 9.59 Å². The Hall–Kier alpha value is -2.71. The highest BCUT2D eigenvalue weighted by atomic mass is 16.3. The fraction of sp³-hybridized carbons (Fsp3) is 0.588. The number of aromatic amines is 1. The van der Waals surface area contributed by atoms with Crippen LogP contribution in [0.3, 0.4) is 0 Å². The summed E-state index contributed by atoms with van der Waals surface area (Å²) in [5.41, 5.74) is 0.534. The van der Waals surface area contributed by atoms with Gasteiger partial charge in [0.2, 0.25) is 11.7 Å². The molecular formula is C17H24N6O3. The van der Waals surface area contributed by atoms with E-state index in [0.717, 1.165) is 0 Å². The zero-order valence-corrected chi connectivity index (χ0v) is 15.4. The van der Waals surface area contributed by atoms with Crippen LogP contribution in [0.5, 0.6) is 0 Å². The van der Waals surface area contributed by atoms with Gasteiger partial charge in [-0.05, 0) is 26.2 Å². The van der Waals surface area contributed by atoms with Crippen LogP contribution in [0.4, 0.5) is 0 Å². The molecule has 0 aromatic carbocycles. The molecule has 3 rings (SSSR count). The van der Waals surface area contributed by atoms with Gasteiger partial charge in [0.25, 0.3) is 5.91 Å². The second kappa shape index (κ2) is 7.27. The topological polar surface area (TPSA) is 117 Å². The predicted octanol–water partition coefficient (Wildman–Crippen LogP) is 1.53. The molecule has 1 aliphatic heterocycles. The van der Waals surface area contributed by atoms with Crippen molar-refractivity contribution < 1.29 is 14.0 Å². The van der Waals surface area contributed by atoms with Gasteiger partial charge < -0.3 is 14.6 Å². The van der Waals surface area contributed by atoms with Crippen molar-refractivity contribution in [3.05, 3.63) is 29.5 Å². The summed E-state index contributed by atoms with van der Waals surface area (Å²) >= 11 is 0. The SMILES string of the molecule is Cc1nc([C@@H]2C[C@H](NC(=O)CC(C)C)CN2C(=O)c2ocnc2C)n[nH]1. The smallest absolute Gasteiger partial charge is 0.292 e. The van der Waals surface area contributed by atoms with Crippen LogP contribution in [0, 0.1) is 19.8 Å². The molecule has 140 valence electrons. The Morgan fingerprint density at radius 3 is 2.77 bits per heavy atom. The number of nitrogens with one attached hydrogen (secondary N) is 2. The molecule has 9 heteroatoms. The van der Waals surface area contributed by atoms with Crippen LogP contribution in [0.25, 0.3) is 0 Å². The summed E-state index contributed by atoms with van der Waals surface area (Å²) < 4.78 is 5.26. The molecule has 2 aromatic heterocycles. The number of hydrogen-bond acceptors (Lipinski definition) is 6. The molecule has 2 amide bonds. The lowest BCUT2D eigenvalue weighted by molar-refractivity contribution is -0.122. The molecule has 3 heterocycles. The average molecular weight is 360 g/mol. The summed E-state index contributed by atoms with van der Waals surface area (Å²) in [6.07, 6.45) is 2.27. The number of aryl methyl sites for hydroxylation is 2. The van der Waals surface area contributed by atoms with Gasteiger partial charge in [0.15, 0.2) is 12.2 Å². The Bertz CT molecular complexity index is 796. The number of carbonyl (C=O) groups is 2. The Morgan fingerprint density at radius 2 is 2.19 bits per heavy atom. The van der Waals surface area contributed by atoms with E-state index in [1.54, 1.807) is 18.7 Å². The maximum absolute atomic E-state index is 12.9. The molecule has 1 aliphatic rings. The minimum atomic E-state index is -0.332. The van der Waals surface area contributed by atoms with Crippen molar-refractivity contribution in [3.8, 4) is 0 Å². The first-order valence-corrected chi connectivity index (χ1v) is 8.74. The summed E-state index contributed by atoms with van der Waals surface area (Å²) in [6.45, 7) is 7.90. The average Bonchev–Trinajstić information content (AvgIpc) is 3.25. The summed E-state index contributed by atoms with van der Waals surface area (Å²) in [6, 6.07) is -0.487. The normalized spacial score (nSPS) is 20.0. The summed E-state index contributed by atoms with van der Waals surface area (Å²) in [5.74, 6) is 1.41. The van der Waals surface area contributed by atoms with Gasteiger partial charge in [-0.15, -0.1) is 0 Å². The lowest BCUT2D eigenvalue weighted by atomic mass is 10.1. The maximum Gasteiger partial charge on any atom is 0.292 e. The van der Waals surface area contributed by atoms with Gasteiger partial charge in [0, 0.05) is 19.0 Å². The third kappa shape index (κ3) is 3.76. The molecule has 1 saturated heterocycles. The van der Waals surface area contributed by atoms with E-state index >= 15 is 0 Å². The van der Waals surface area contributed by atoms with Crippen LogP contribution in [-0.4, -0.2) is 49.5 Å². The van der Waals surface area contributed by atoms with Crippen molar-refractivity contribution in [2.45, 2.75) is 52.6 Å². The highest BCUT2D eigenvalue weighted by Gasteiger charge is 2.40. The van der Waals surface area contributed by atoms with Gasteiger partial charge in [0.1, 0.15) is 5.82 Å². The minimum Gasteiger partial charge on any atom is -0.438 e. The summed E-state index contributed by atoms with van der Waals surface area (Å²) in [7, 11) is 0. The lowest BCUT2D eigenvalue weighted by Crippen LogP contribution is -2.39. The third-order valence-electron chi connectivity index (χ3n) is 4.37. The van der Waals surface area contributed by atoms with Gasteiger partial charge in [-0.1, -0.05) is 13.8 Å². The predicted molar refractivity (Wildman–Crippen MR) is 92.1 cm³/mol. The number of oxazole rings is 1. The van der Waals surface area contributed by atoms with Crippen LogP contribution < -0.4 is 5.32 Å². The van der Waals surface area contributed by atoms with Gasteiger partial charge in [-0.3, -0.25) is 14.7 Å². The molecule has 2 atom stereocenters. The van der Waals surface area contributed by atoms with Crippen LogP contribution in [-0.2, 0) is 4.79 Å². The van der Waals surface area contributed by atoms with Crippen LogP contribution in [0.1, 0.15) is 60.6 Å². The van der Waals surface area contributed by atoms with E-state index in [1.165, 1.54) is 6.39 Å². The Labute approximate surface area is 151 Å². The van der Waals surface area contributed by atoms with Gasteiger partial charge in [0.05, 0.1) is 11.7 Å². The zero-order chi connectivity index (χ0) is 18.8. The highest BCUT2D eigenvalue weighted by molar-refractivity contribution is 5.93. The number of aromatic nitrogens is 4. The summed E-state index contributed by atoms with van der Waals surface area (Å²) in [5, 5.41) is 10.0. The van der Waals surface area contributed by atoms with Crippen molar-refractivity contribution in [1.29, 1.82) is 0 Å². The molecule has 0 spiro atoms. The molecule has 0 aliphatic carbocycles. The molecule has 0 radical (unpaired) electrons. The maximum atomic E-state index is 12.9. The monoisotopic (exact) mass is 360 g/mol. The molecule has 9 nitrogen and oxygen atoms in total. The van der Waals surface area contributed by atoms with Crippen LogP contribution in [0.2, 0.25) is 0 Å². The standard InChI is InChI=1S/C17H24N6O3/c1-9(2)5-14(24)20-12-6-13(16-19-11(4)21-22-16)23(7-12)17(25)15-10(3)18-8-26-15/h8-9,12-13H,5-7H2,1-4H3,(H,20,24)(H,19,21,22)/t12-,13-/m0/s1. The molecule has 0 bridgehead atoms. The quantitative estimate of drug-likeness (QED) is 0.835. The molecule has 2 aromatic rings. The van der Waals surface area contributed by atoms with Crippen molar-refractivity contribution in [2.75, 3.05) is 6.54 Å². The van der Waals surface area contributed by atoms with E-state index in [4.69, 9.17) is 4.42 Å². The number of nitrogens with zero attached hydrogens (tertiary/aromatic N) is 4. The zero-order valence-electron chi connectivity index (χ0n) is 15.4. The molecule has 0 saturated carbocycles. The number of amides is 2. The van der Waals surface area contributed by atoms with E-state index < -0.39 is 0 Å². The fourth-order valence-corrected chi connectivity index (χ4v) is 3.21. The van der Waals surface area contributed by atoms with Crippen LogP contribution in [0.15, 0.2) is 10.8 Å². The molecule has 26 heavy (non-hydrogen) atoms. The van der Waals surface area contributed by atoms with Crippen molar-refractivity contribution in [3.63, 3.8) is 0 Å². The number of likely N-dealkylation sites (tertiary alicyclic amines) is 1. The summed E-state index contributed by atoms with van der Waals surface area (Å²) in [4.78, 5) is 35.1. The number of H-pyrrole nitrogens is 1. The highest BCUT2D eigenvalue weighted by Crippen LogP contribution is 2.32. The number of hydrogen-bond donors (Lipinski definition) is 2. The second-order valence-electron chi connectivity index (χ2n) is 7.12. The van der Waals surface area contributed by atoms with E-state index in [1.807, 2.05) is 13.8 Å². The Balaban J connectivity index is 1.81. The first-order chi connectivity index (χ1) is 12.3. The number of rotatable bonds is 5. The van der Waals surface area contributed by atoms with Crippen molar-refractivity contribution in [1.82, 2.24) is 30.4 Å². The van der Waals surface area contributed by atoms with E-state index in [2.05, 4.69) is 25.5 Å². The fourth-order valence-electron chi connectivity index (χ4n) is 3.21. The van der Waals surface area contributed by atoms with E-state index in [0.29, 0.717) is 36.7 Å². The van der Waals surface area contributed by atoms with Gasteiger partial charge in [-0.25, -0.2) is 9.97 Å². The second-order valence-corrected chi connectivity index (χ2v) is 7.12. The Kier molecular flexibility index (Phi) is 5.06. The minimum absolute atomic E-state index is 0.0138. The Morgan fingerprint density at radius 1 is 1.42 bits per heavy atom. The first kappa shape index (κ1) is 18.1. The van der Waals surface area contributed by atoms with Crippen molar-refractivity contribution in [2.24, 2.45) is 5.92 Å². The molecule has 1 fully saturated rings. The van der Waals surface area contributed by atoms with Gasteiger partial charge in [-0.2, -0.15) is 5.10 Å².